The molecule has 0 spiro atoms. The zero-order valence-electron chi connectivity index (χ0n) is 8.59. The number of nitrogens with two attached hydrogens (primary N) is 1. The Kier molecular flexibility index (Phi) is 4.09. The number of rotatable bonds is 3. The van der Waals surface area contributed by atoms with Crippen molar-refractivity contribution in [2.75, 3.05) is 0 Å². The summed E-state index contributed by atoms with van der Waals surface area (Å²) in [5, 5.41) is 1.44. The Hall–Kier alpha value is -1.33. The lowest BCUT2D eigenvalue weighted by atomic mass is 10.2. The summed E-state index contributed by atoms with van der Waals surface area (Å²) in [6, 6.07) is 6.89. The molecule has 86 valence electrons. The zero-order chi connectivity index (χ0) is 12.2. The van der Waals surface area contributed by atoms with Crippen LogP contribution >= 0.6 is 11.6 Å². The monoisotopic (exact) mass is 258 g/mol. The zero-order valence-corrected chi connectivity index (χ0v) is 10.2. The lowest BCUT2D eigenvalue weighted by molar-refractivity contribution is 0.606. The molecule has 0 atom stereocenters. The fraction of sp³-hybridized carbons (Fsp3) is 0.100. The molecular weight excluding hydrogens is 248 g/mol. The first kappa shape index (κ1) is 12.7. The van der Waals surface area contributed by atoms with E-state index in [1.54, 1.807) is 24.3 Å². The van der Waals surface area contributed by atoms with Gasteiger partial charge in [0.15, 0.2) is 0 Å². The van der Waals surface area contributed by atoms with Crippen molar-refractivity contribution in [3.05, 3.63) is 40.3 Å². The van der Waals surface area contributed by atoms with Gasteiger partial charge in [-0.3, -0.25) is 0 Å². The number of hydrogen-bond donors (Lipinski definition) is 1. The third kappa shape index (κ3) is 4.04. The van der Waals surface area contributed by atoms with Crippen molar-refractivity contribution in [2.45, 2.75) is 6.92 Å². The van der Waals surface area contributed by atoms with Crippen LogP contribution in [-0.4, -0.2) is 14.3 Å². The van der Waals surface area contributed by atoms with E-state index in [1.807, 2.05) is 0 Å². The molecule has 0 bridgehead atoms. The molecule has 0 fully saturated rings. The fourth-order valence-corrected chi connectivity index (χ4v) is 1.98. The molecule has 0 aliphatic heterocycles. The quantitative estimate of drug-likeness (QED) is 0.666. The average Bonchev–Trinajstić information content (AvgIpc) is 2.14. The van der Waals surface area contributed by atoms with Gasteiger partial charge < -0.3 is 5.73 Å². The molecule has 4 nitrogen and oxygen atoms in total. The molecule has 0 aliphatic carbocycles. The Labute approximate surface area is 99.5 Å². The smallest absolute Gasteiger partial charge is 0.277 e. The summed E-state index contributed by atoms with van der Waals surface area (Å²) < 4.78 is 25.9. The Balaban J connectivity index is 2.99. The van der Waals surface area contributed by atoms with E-state index in [1.165, 1.54) is 13.0 Å². The second kappa shape index (κ2) is 5.14. The van der Waals surface area contributed by atoms with E-state index in [-0.39, 0.29) is 5.84 Å². The summed E-state index contributed by atoms with van der Waals surface area (Å²) in [4.78, 5) is 0. The van der Waals surface area contributed by atoms with Crippen molar-refractivity contribution >= 4 is 33.5 Å². The van der Waals surface area contributed by atoms with Gasteiger partial charge in [0.1, 0.15) is 5.84 Å². The van der Waals surface area contributed by atoms with Gasteiger partial charge >= 0.3 is 0 Å². The van der Waals surface area contributed by atoms with Crippen LogP contribution in [0, 0.1) is 0 Å². The molecule has 0 unspecified atom stereocenters. The third-order valence-corrected chi connectivity index (χ3v) is 2.96. The first-order valence-electron chi connectivity index (χ1n) is 4.40. The maximum absolute atomic E-state index is 11.3. The molecule has 0 saturated heterocycles. The lowest BCUT2D eigenvalue weighted by Gasteiger charge is -1.96. The van der Waals surface area contributed by atoms with Gasteiger partial charge in [-0.05, 0) is 24.6 Å². The van der Waals surface area contributed by atoms with E-state index in [4.69, 9.17) is 17.3 Å². The van der Waals surface area contributed by atoms with Crippen LogP contribution in [0.5, 0.6) is 0 Å². The van der Waals surface area contributed by atoms with Gasteiger partial charge in [0.2, 0.25) is 0 Å². The molecule has 0 aliphatic rings. The highest BCUT2D eigenvalue weighted by Gasteiger charge is 2.02. The van der Waals surface area contributed by atoms with Crippen molar-refractivity contribution in [2.24, 2.45) is 10.1 Å². The van der Waals surface area contributed by atoms with Crippen LogP contribution in [0.2, 0.25) is 5.02 Å². The predicted molar refractivity (Wildman–Crippen MR) is 66.7 cm³/mol. The Morgan fingerprint density at radius 2 is 2.06 bits per heavy atom. The highest BCUT2D eigenvalue weighted by atomic mass is 35.5. The van der Waals surface area contributed by atoms with Crippen molar-refractivity contribution < 1.29 is 8.42 Å². The second-order valence-corrected chi connectivity index (χ2v) is 4.96. The summed E-state index contributed by atoms with van der Waals surface area (Å²) in [7, 11) is -3.67. The standard InChI is InChI=1S/C10H11ClN2O2S/c1-8(12)13-16(14,15)7-6-9-4-2-3-5-10(9)11/h2-7H,1H3,(H2,12,13)/b7-6+. The van der Waals surface area contributed by atoms with Crippen LogP contribution in [0.1, 0.15) is 12.5 Å². The van der Waals surface area contributed by atoms with Gasteiger partial charge in [0.05, 0.1) is 5.41 Å². The Bertz CT molecular complexity index is 532. The van der Waals surface area contributed by atoms with Crippen molar-refractivity contribution in [1.82, 2.24) is 0 Å². The van der Waals surface area contributed by atoms with Gasteiger partial charge in [0.25, 0.3) is 10.0 Å². The van der Waals surface area contributed by atoms with Crippen molar-refractivity contribution in [1.29, 1.82) is 0 Å². The fourth-order valence-electron chi connectivity index (χ4n) is 1.00. The summed E-state index contributed by atoms with van der Waals surface area (Å²) in [5.74, 6) is -0.0104. The minimum absolute atomic E-state index is 0.0104. The van der Waals surface area contributed by atoms with E-state index in [9.17, 15) is 8.42 Å². The highest BCUT2D eigenvalue weighted by molar-refractivity contribution is 7.93. The Morgan fingerprint density at radius 1 is 1.44 bits per heavy atom. The predicted octanol–water partition coefficient (Wildman–Crippen LogP) is 2.02. The molecule has 1 aromatic carbocycles. The lowest BCUT2D eigenvalue weighted by Crippen LogP contribution is -2.08. The molecule has 0 saturated carbocycles. The van der Waals surface area contributed by atoms with Crippen LogP contribution in [0.3, 0.4) is 0 Å². The first-order chi connectivity index (χ1) is 7.41. The van der Waals surface area contributed by atoms with Gasteiger partial charge in [-0.15, -0.1) is 4.40 Å². The van der Waals surface area contributed by atoms with E-state index in [2.05, 4.69) is 4.40 Å². The van der Waals surface area contributed by atoms with E-state index in [0.29, 0.717) is 10.6 Å². The topological polar surface area (TPSA) is 72.5 Å². The minimum Gasteiger partial charge on any atom is -0.387 e. The number of hydrogen-bond acceptors (Lipinski definition) is 2. The van der Waals surface area contributed by atoms with Crippen molar-refractivity contribution in [3.63, 3.8) is 0 Å². The minimum atomic E-state index is -3.67. The largest absolute Gasteiger partial charge is 0.387 e. The maximum atomic E-state index is 11.3. The summed E-state index contributed by atoms with van der Waals surface area (Å²) >= 11 is 5.85. The normalized spacial score (nSPS) is 13.2. The van der Waals surface area contributed by atoms with Crippen LogP contribution in [-0.2, 0) is 10.0 Å². The van der Waals surface area contributed by atoms with Crippen LogP contribution in [0.4, 0.5) is 0 Å². The SMILES string of the molecule is C/C(N)=N/S(=O)(=O)/C=C/c1ccccc1Cl. The number of amidine groups is 1. The number of benzene rings is 1. The third-order valence-electron chi connectivity index (χ3n) is 1.60. The first-order valence-corrected chi connectivity index (χ1v) is 6.28. The van der Waals surface area contributed by atoms with Crippen LogP contribution in [0.25, 0.3) is 6.08 Å². The molecular formula is C10H11ClN2O2S. The summed E-state index contributed by atoms with van der Waals surface area (Å²) in [6.45, 7) is 1.40. The van der Waals surface area contributed by atoms with E-state index < -0.39 is 10.0 Å². The number of sulfonamides is 1. The molecule has 2 N–H and O–H groups in total. The molecule has 0 amide bonds. The number of nitrogens with zero attached hydrogens (tertiary/aromatic N) is 1. The second-order valence-electron chi connectivity index (χ2n) is 3.07. The van der Waals surface area contributed by atoms with Gasteiger partial charge in [-0.25, -0.2) is 0 Å². The van der Waals surface area contributed by atoms with E-state index >= 15 is 0 Å². The molecule has 16 heavy (non-hydrogen) atoms. The molecule has 1 aromatic rings. The summed E-state index contributed by atoms with van der Waals surface area (Å²) in [5.41, 5.74) is 5.80. The molecule has 1 rings (SSSR count). The molecule has 0 radical (unpaired) electrons. The molecule has 6 heteroatoms. The van der Waals surface area contributed by atoms with Gasteiger partial charge in [0, 0.05) is 5.02 Å². The Morgan fingerprint density at radius 3 is 2.62 bits per heavy atom. The molecule has 0 aromatic heterocycles. The van der Waals surface area contributed by atoms with Gasteiger partial charge in [-0.2, -0.15) is 8.42 Å². The van der Waals surface area contributed by atoms with Gasteiger partial charge in [-0.1, -0.05) is 29.8 Å². The summed E-state index contributed by atoms with van der Waals surface area (Å²) in [6.07, 6.45) is 1.38. The van der Waals surface area contributed by atoms with Crippen LogP contribution in [0.15, 0.2) is 34.1 Å². The van der Waals surface area contributed by atoms with Crippen LogP contribution < -0.4 is 5.73 Å². The van der Waals surface area contributed by atoms with Crippen molar-refractivity contribution in [3.8, 4) is 0 Å². The highest BCUT2D eigenvalue weighted by Crippen LogP contribution is 2.16. The average molecular weight is 259 g/mol. The maximum Gasteiger partial charge on any atom is 0.277 e. The molecule has 0 heterocycles. The van der Waals surface area contributed by atoms with E-state index in [0.717, 1.165) is 5.41 Å². The number of halogens is 1.